The van der Waals surface area contributed by atoms with Crippen LogP contribution in [0.15, 0.2) is 54.6 Å². The summed E-state index contributed by atoms with van der Waals surface area (Å²) in [5.74, 6) is 1.50. The molecule has 0 aliphatic rings. The highest BCUT2D eigenvalue weighted by atomic mass is 14.9. The largest absolute Gasteiger partial charge is 0.385 e. The molecule has 1 nitrogen and oxygen atoms in total. The van der Waals surface area contributed by atoms with Crippen molar-refractivity contribution in [2.24, 2.45) is 11.8 Å². The highest BCUT2D eigenvalue weighted by Crippen LogP contribution is 2.22. The summed E-state index contributed by atoms with van der Waals surface area (Å²) in [6, 6.07) is 19.2. The lowest BCUT2D eigenvalue weighted by Crippen LogP contribution is -2.13. The van der Waals surface area contributed by atoms with Gasteiger partial charge in [0.25, 0.3) is 0 Å². The Hall–Kier alpha value is -1.76. The Kier molecular flexibility index (Phi) is 6.51. The summed E-state index contributed by atoms with van der Waals surface area (Å²) in [7, 11) is 0. The molecule has 0 aromatic heterocycles. The van der Waals surface area contributed by atoms with Gasteiger partial charge in [-0.05, 0) is 61.3 Å². The van der Waals surface area contributed by atoms with Crippen LogP contribution < -0.4 is 5.32 Å². The number of hydrogen-bond donors (Lipinski definition) is 1. The van der Waals surface area contributed by atoms with Crippen molar-refractivity contribution >= 4 is 5.69 Å². The minimum atomic E-state index is 0.734. The van der Waals surface area contributed by atoms with Crippen molar-refractivity contribution in [3.8, 4) is 0 Å². The lowest BCUT2D eigenvalue weighted by Gasteiger charge is -2.21. The minimum absolute atomic E-state index is 0.734. The first-order valence-electron chi connectivity index (χ1n) is 8.50. The molecular weight excluding hydrogens is 266 g/mol. The van der Waals surface area contributed by atoms with Gasteiger partial charge in [-0.2, -0.15) is 0 Å². The van der Waals surface area contributed by atoms with Crippen LogP contribution in [0.3, 0.4) is 0 Å². The van der Waals surface area contributed by atoms with Crippen molar-refractivity contribution in [2.45, 2.75) is 40.0 Å². The van der Waals surface area contributed by atoms with Crippen LogP contribution in [0.1, 0.15) is 37.8 Å². The second kappa shape index (κ2) is 8.63. The Balaban J connectivity index is 1.70. The van der Waals surface area contributed by atoms with E-state index >= 15 is 0 Å². The van der Waals surface area contributed by atoms with Crippen LogP contribution in [0.2, 0.25) is 0 Å². The molecule has 2 unspecified atom stereocenters. The zero-order valence-corrected chi connectivity index (χ0v) is 14.2. The second-order valence-corrected chi connectivity index (χ2v) is 6.52. The predicted molar refractivity (Wildman–Crippen MR) is 97.4 cm³/mol. The predicted octanol–water partition coefficient (Wildman–Crippen LogP) is 5.70. The molecule has 1 N–H and O–H groups in total. The van der Waals surface area contributed by atoms with Crippen molar-refractivity contribution in [3.63, 3.8) is 0 Å². The lowest BCUT2D eigenvalue weighted by molar-refractivity contribution is 0.357. The van der Waals surface area contributed by atoms with Gasteiger partial charge in [-0.1, -0.05) is 56.3 Å². The van der Waals surface area contributed by atoms with Crippen molar-refractivity contribution in [2.75, 3.05) is 11.9 Å². The van der Waals surface area contributed by atoms with E-state index in [0.29, 0.717) is 0 Å². The maximum atomic E-state index is 3.50. The van der Waals surface area contributed by atoms with Gasteiger partial charge in [-0.25, -0.2) is 0 Å². The Morgan fingerprint density at radius 1 is 0.864 bits per heavy atom. The monoisotopic (exact) mass is 295 g/mol. The molecule has 1 heteroatoms. The van der Waals surface area contributed by atoms with E-state index in [1.165, 1.54) is 36.1 Å². The first-order valence-corrected chi connectivity index (χ1v) is 8.50. The molecule has 0 fully saturated rings. The van der Waals surface area contributed by atoms with Gasteiger partial charge in [0.15, 0.2) is 0 Å². The van der Waals surface area contributed by atoms with E-state index in [-0.39, 0.29) is 0 Å². The average molecular weight is 295 g/mol. The summed E-state index contributed by atoms with van der Waals surface area (Å²) in [4.78, 5) is 0. The lowest BCUT2D eigenvalue weighted by atomic mass is 9.85. The zero-order valence-electron chi connectivity index (χ0n) is 14.2. The van der Waals surface area contributed by atoms with Crippen LogP contribution in [-0.2, 0) is 6.42 Å². The molecule has 0 aliphatic carbocycles. The van der Waals surface area contributed by atoms with Crippen LogP contribution >= 0.6 is 0 Å². The van der Waals surface area contributed by atoms with Gasteiger partial charge in [0.1, 0.15) is 0 Å². The molecule has 22 heavy (non-hydrogen) atoms. The van der Waals surface area contributed by atoms with Crippen molar-refractivity contribution < 1.29 is 0 Å². The highest BCUT2D eigenvalue weighted by molar-refractivity contribution is 5.42. The van der Waals surface area contributed by atoms with Crippen LogP contribution in [0.4, 0.5) is 5.69 Å². The molecule has 0 radical (unpaired) electrons. The molecule has 0 bridgehead atoms. The summed E-state index contributed by atoms with van der Waals surface area (Å²) in [6.45, 7) is 8.06. The van der Waals surface area contributed by atoms with Crippen molar-refractivity contribution in [1.82, 2.24) is 0 Å². The number of rotatable bonds is 8. The fourth-order valence-electron chi connectivity index (χ4n) is 2.88. The molecule has 2 rings (SSSR count). The van der Waals surface area contributed by atoms with Crippen molar-refractivity contribution in [3.05, 3.63) is 65.7 Å². The van der Waals surface area contributed by atoms with Crippen LogP contribution in [-0.4, -0.2) is 6.54 Å². The summed E-state index contributed by atoms with van der Waals surface area (Å²) in [5, 5.41) is 3.50. The first kappa shape index (κ1) is 16.6. The molecule has 0 saturated carbocycles. The summed E-state index contributed by atoms with van der Waals surface area (Å²) < 4.78 is 0. The SMILES string of the molecule is Cc1ccccc1CC(C)C(C)CCCNc1ccccc1. The van der Waals surface area contributed by atoms with Gasteiger partial charge in [-0.3, -0.25) is 0 Å². The Bertz CT molecular complexity index is 547. The molecule has 0 saturated heterocycles. The van der Waals surface area contributed by atoms with Gasteiger partial charge in [0.05, 0.1) is 0 Å². The van der Waals surface area contributed by atoms with Gasteiger partial charge in [-0.15, -0.1) is 0 Å². The van der Waals surface area contributed by atoms with Crippen LogP contribution in [0.5, 0.6) is 0 Å². The molecule has 2 aromatic rings. The Labute approximate surface area is 135 Å². The fraction of sp³-hybridized carbons (Fsp3) is 0.429. The summed E-state index contributed by atoms with van der Waals surface area (Å²) in [6.07, 6.45) is 3.71. The third kappa shape index (κ3) is 5.22. The molecule has 2 aromatic carbocycles. The third-order valence-corrected chi connectivity index (χ3v) is 4.71. The normalized spacial score (nSPS) is 13.6. The topological polar surface area (TPSA) is 12.0 Å². The molecule has 0 aliphatic heterocycles. The molecule has 0 heterocycles. The number of aryl methyl sites for hydroxylation is 1. The summed E-state index contributed by atoms with van der Waals surface area (Å²) >= 11 is 0. The van der Waals surface area contributed by atoms with E-state index in [1.54, 1.807) is 0 Å². The van der Waals surface area contributed by atoms with Crippen LogP contribution in [0.25, 0.3) is 0 Å². The second-order valence-electron chi connectivity index (χ2n) is 6.52. The Morgan fingerprint density at radius 2 is 1.55 bits per heavy atom. The van der Waals surface area contributed by atoms with Gasteiger partial charge < -0.3 is 5.32 Å². The first-order chi connectivity index (χ1) is 10.7. The zero-order chi connectivity index (χ0) is 15.8. The Morgan fingerprint density at radius 3 is 2.27 bits per heavy atom. The van der Waals surface area contributed by atoms with Gasteiger partial charge in [0, 0.05) is 12.2 Å². The number of hydrogen-bond acceptors (Lipinski definition) is 1. The van der Waals surface area contributed by atoms with E-state index in [4.69, 9.17) is 0 Å². The minimum Gasteiger partial charge on any atom is -0.385 e. The van der Waals surface area contributed by atoms with Crippen LogP contribution in [0, 0.1) is 18.8 Å². The smallest absolute Gasteiger partial charge is 0.0340 e. The van der Waals surface area contributed by atoms with E-state index in [9.17, 15) is 0 Å². The third-order valence-electron chi connectivity index (χ3n) is 4.71. The molecule has 0 spiro atoms. The number of anilines is 1. The average Bonchev–Trinajstić information content (AvgIpc) is 2.54. The van der Waals surface area contributed by atoms with E-state index in [2.05, 4.69) is 80.7 Å². The maximum absolute atomic E-state index is 3.50. The highest BCUT2D eigenvalue weighted by Gasteiger charge is 2.13. The number of nitrogens with one attached hydrogen (secondary N) is 1. The van der Waals surface area contributed by atoms with E-state index in [1.807, 2.05) is 0 Å². The van der Waals surface area contributed by atoms with E-state index < -0.39 is 0 Å². The molecule has 0 amide bonds. The van der Waals surface area contributed by atoms with Crippen molar-refractivity contribution in [1.29, 1.82) is 0 Å². The summed E-state index contributed by atoms with van der Waals surface area (Å²) in [5.41, 5.74) is 4.15. The number of para-hydroxylation sites is 1. The maximum Gasteiger partial charge on any atom is 0.0340 e. The van der Waals surface area contributed by atoms with Gasteiger partial charge >= 0.3 is 0 Å². The standard InChI is InChI=1S/C21H29N/c1-17(11-9-15-22-21-13-5-4-6-14-21)19(3)16-20-12-8-7-10-18(20)2/h4-8,10,12-14,17,19,22H,9,11,15-16H2,1-3H3. The molecule has 2 atom stereocenters. The molecular formula is C21H29N. The van der Waals surface area contributed by atoms with Gasteiger partial charge in [0.2, 0.25) is 0 Å². The molecule has 118 valence electrons. The quantitative estimate of drug-likeness (QED) is 0.616. The fourth-order valence-corrected chi connectivity index (χ4v) is 2.88. The number of benzene rings is 2. The van der Waals surface area contributed by atoms with E-state index in [0.717, 1.165) is 18.4 Å².